The lowest BCUT2D eigenvalue weighted by molar-refractivity contribution is 0.951. The summed E-state index contributed by atoms with van der Waals surface area (Å²) in [7, 11) is 0. The van der Waals surface area contributed by atoms with Crippen molar-refractivity contribution in [2.24, 2.45) is 0 Å². The molecular formula is C4H4Cl2N6. The minimum Gasteiger partial charge on any atom is -0.344 e. The molecule has 2 heterocycles. The van der Waals surface area contributed by atoms with Gasteiger partial charge in [0.15, 0.2) is 10.3 Å². The van der Waals surface area contributed by atoms with Crippen molar-refractivity contribution in [3.05, 3.63) is 10.3 Å². The zero-order valence-electron chi connectivity index (χ0n) is 5.75. The van der Waals surface area contributed by atoms with E-state index >= 15 is 0 Å². The summed E-state index contributed by atoms with van der Waals surface area (Å²) in [4.78, 5) is 7.60. The van der Waals surface area contributed by atoms with E-state index in [9.17, 15) is 0 Å². The van der Waals surface area contributed by atoms with Crippen molar-refractivity contribution in [3.63, 3.8) is 0 Å². The maximum Gasteiger partial charge on any atom is 0.222 e. The molecule has 0 amide bonds. The van der Waals surface area contributed by atoms with Crippen LogP contribution in [0.5, 0.6) is 0 Å². The highest BCUT2D eigenvalue weighted by molar-refractivity contribution is 6.40. The van der Waals surface area contributed by atoms with E-state index < -0.39 is 0 Å². The first-order chi connectivity index (χ1) is 5.27. The number of hydrogen-bond donors (Lipinski definition) is 2. The highest BCUT2D eigenvalue weighted by atomic mass is 35.5. The number of fused-ring (bicyclic) bond motifs is 1. The van der Waals surface area contributed by atoms with Gasteiger partial charge in [-0.15, -0.1) is 10.2 Å². The fourth-order valence-electron chi connectivity index (χ4n) is 0.648. The van der Waals surface area contributed by atoms with Crippen LogP contribution < -0.4 is 6.15 Å². The number of H-pyrrole nitrogens is 1. The molecule has 0 unspecified atom stereocenters. The van der Waals surface area contributed by atoms with E-state index in [0.29, 0.717) is 11.3 Å². The van der Waals surface area contributed by atoms with Gasteiger partial charge in [0.2, 0.25) is 11.3 Å². The molecule has 6 nitrogen and oxygen atoms in total. The number of nitrogens with zero attached hydrogens (tertiary/aromatic N) is 4. The fourth-order valence-corrected chi connectivity index (χ4v) is 0.893. The molecule has 0 fully saturated rings. The first kappa shape index (κ1) is 9.11. The van der Waals surface area contributed by atoms with Gasteiger partial charge in [0.05, 0.1) is 0 Å². The smallest absolute Gasteiger partial charge is 0.222 e. The number of halogens is 2. The zero-order valence-corrected chi connectivity index (χ0v) is 7.26. The number of nitrogens with one attached hydrogen (secondary N) is 1. The number of hydrogen-bond acceptors (Lipinski definition) is 5. The van der Waals surface area contributed by atoms with Gasteiger partial charge in [-0.3, -0.25) is 0 Å². The van der Waals surface area contributed by atoms with Gasteiger partial charge in [-0.25, -0.2) is 9.97 Å². The Labute approximate surface area is 76.9 Å². The molecule has 2 aromatic rings. The monoisotopic (exact) mass is 206 g/mol. The van der Waals surface area contributed by atoms with Crippen molar-refractivity contribution in [2.75, 3.05) is 0 Å². The SMILES string of the molecule is Clc1nc2n[nH]nc2nc1Cl.N. The third-order valence-electron chi connectivity index (χ3n) is 1.09. The summed E-state index contributed by atoms with van der Waals surface area (Å²) < 4.78 is 0. The fraction of sp³-hybridized carbons (Fsp3) is 0. The van der Waals surface area contributed by atoms with Crippen molar-refractivity contribution in [2.45, 2.75) is 0 Å². The van der Waals surface area contributed by atoms with Crippen LogP contribution in [0.15, 0.2) is 0 Å². The average molecular weight is 207 g/mol. The maximum absolute atomic E-state index is 5.56. The summed E-state index contributed by atoms with van der Waals surface area (Å²) >= 11 is 11.1. The topological polar surface area (TPSA) is 102 Å². The summed E-state index contributed by atoms with van der Waals surface area (Å²) in [6.45, 7) is 0. The predicted octanol–water partition coefficient (Wildman–Crippen LogP) is 1.22. The Hall–Kier alpha value is -0.980. The van der Waals surface area contributed by atoms with Gasteiger partial charge in [-0.1, -0.05) is 23.2 Å². The highest BCUT2D eigenvalue weighted by Gasteiger charge is 2.06. The van der Waals surface area contributed by atoms with Crippen LogP contribution in [-0.4, -0.2) is 25.4 Å². The second-order valence-electron chi connectivity index (χ2n) is 1.78. The average Bonchev–Trinajstić information content (AvgIpc) is 2.36. The summed E-state index contributed by atoms with van der Waals surface area (Å²) in [5.74, 6) is 0. The van der Waals surface area contributed by atoms with Gasteiger partial charge in [0.25, 0.3) is 0 Å². The van der Waals surface area contributed by atoms with Crippen molar-refractivity contribution in [1.29, 1.82) is 0 Å². The summed E-state index contributed by atoms with van der Waals surface area (Å²) in [5.41, 5.74) is 0.721. The van der Waals surface area contributed by atoms with E-state index in [1.807, 2.05) is 0 Å². The largest absolute Gasteiger partial charge is 0.344 e. The third kappa shape index (κ3) is 1.31. The summed E-state index contributed by atoms with van der Waals surface area (Å²) in [6, 6.07) is 0. The predicted molar refractivity (Wildman–Crippen MR) is 44.5 cm³/mol. The lowest BCUT2D eigenvalue weighted by atomic mass is 10.7. The molecule has 0 atom stereocenters. The minimum absolute atomic E-state index is 0. The van der Waals surface area contributed by atoms with Crippen molar-refractivity contribution < 1.29 is 0 Å². The zero-order chi connectivity index (χ0) is 7.84. The lowest BCUT2D eigenvalue weighted by Crippen LogP contribution is -1.84. The molecule has 8 heteroatoms. The number of aromatic amines is 1. The number of aromatic nitrogens is 5. The molecule has 0 bridgehead atoms. The molecule has 12 heavy (non-hydrogen) atoms. The molecule has 2 aromatic heterocycles. The van der Waals surface area contributed by atoms with Crippen LogP contribution in [-0.2, 0) is 0 Å². The second-order valence-corrected chi connectivity index (χ2v) is 2.49. The molecule has 0 aliphatic carbocycles. The van der Waals surface area contributed by atoms with Gasteiger partial charge >= 0.3 is 0 Å². The first-order valence-corrected chi connectivity index (χ1v) is 3.42. The molecular weight excluding hydrogens is 203 g/mol. The Morgan fingerprint density at radius 2 is 1.33 bits per heavy atom. The van der Waals surface area contributed by atoms with E-state index in [2.05, 4.69) is 25.4 Å². The van der Waals surface area contributed by atoms with Crippen molar-refractivity contribution in [3.8, 4) is 0 Å². The van der Waals surface area contributed by atoms with E-state index in [0.717, 1.165) is 0 Å². The molecule has 0 saturated heterocycles. The highest BCUT2D eigenvalue weighted by Crippen LogP contribution is 2.17. The van der Waals surface area contributed by atoms with Crippen LogP contribution in [0.25, 0.3) is 11.3 Å². The van der Waals surface area contributed by atoms with Gasteiger partial charge < -0.3 is 6.15 Å². The quantitative estimate of drug-likeness (QED) is 0.675. The Bertz CT molecular complexity index is 361. The van der Waals surface area contributed by atoms with Gasteiger partial charge in [-0.2, -0.15) is 5.21 Å². The van der Waals surface area contributed by atoms with Crippen LogP contribution in [0.3, 0.4) is 0 Å². The Kier molecular flexibility index (Phi) is 2.41. The van der Waals surface area contributed by atoms with E-state index in [1.54, 1.807) is 0 Å². The maximum atomic E-state index is 5.56. The van der Waals surface area contributed by atoms with Gasteiger partial charge in [0, 0.05) is 0 Å². The molecule has 64 valence electrons. The van der Waals surface area contributed by atoms with E-state index in [4.69, 9.17) is 23.2 Å². The molecule has 0 aliphatic rings. The van der Waals surface area contributed by atoms with Crippen LogP contribution >= 0.6 is 23.2 Å². The molecule has 0 spiro atoms. The van der Waals surface area contributed by atoms with Crippen molar-refractivity contribution >= 4 is 34.5 Å². The molecule has 2 rings (SSSR count). The molecule has 4 N–H and O–H groups in total. The van der Waals surface area contributed by atoms with Crippen LogP contribution in [0, 0.1) is 0 Å². The Morgan fingerprint density at radius 1 is 0.917 bits per heavy atom. The minimum atomic E-state index is 0. The standard InChI is InChI=1S/C4HCl2N5.H3N/c5-1-2(6)8-4-3(7-1)9-11-10-4;/h(H,7,8,9,10,11);1H3. The van der Waals surface area contributed by atoms with Gasteiger partial charge in [0.1, 0.15) is 0 Å². The van der Waals surface area contributed by atoms with Crippen LogP contribution in [0.1, 0.15) is 0 Å². The number of rotatable bonds is 0. The summed E-state index contributed by atoms with van der Waals surface area (Å²) in [6.07, 6.45) is 0. The Balaban J connectivity index is 0.000000720. The molecule has 0 aromatic carbocycles. The van der Waals surface area contributed by atoms with Crippen LogP contribution in [0.2, 0.25) is 10.3 Å². The summed E-state index contributed by atoms with van der Waals surface area (Å²) in [5, 5.41) is 9.95. The van der Waals surface area contributed by atoms with Crippen molar-refractivity contribution in [1.82, 2.24) is 31.5 Å². The first-order valence-electron chi connectivity index (χ1n) is 2.67. The van der Waals surface area contributed by atoms with E-state index in [1.165, 1.54) is 0 Å². The normalized spacial score (nSPS) is 9.83. The Morgan fingerprint density at radius 3 is 1.75 bits per heavy atom. The lowest BCUT2D eigenvalue weighted by Gasteiger charge is -1.89. The third-order valence-corrected chi connectivity index (χ3v) is 1.71. The molecule has 0 radical (unpaired) electrons. The van der Waals surface area contributed by atoms with Crippen LogP contribution in [0.4, 0.5) is 0 Å². The van der Waals surface area contributed by atoms with E-state index in [-0.39, 0.29) is 16.5 Å². The molecule has 0 saturated carbocycles. The van der Waals surface area contributed by atoms with Gasteiger partial charge in [-0.05, 0) is 0 Å². The molecule has 0 aliphatic heterocycles. The second kappa shape index (κ2) is 3.18.